The lowest BCUT2D eigenvalue weighted by molar-refractivity contribution is 0.560. The Morgan fingerprint density at radius 2 is 1.45 bits per heavy atom. The van der Waals surface area contributed by atoms with Crippen molar-refractivity contribution in [3.8, 4) is 5.69 Å². The van der Waals surface area contributed by atoms with Crippen LogP contribution < -0.4 is 0 Å². The molecular formula is C20H22N2. The molecule has 0 spiro atoms. The van der Waals surface area contributed by atoms with Crippen molar-refractivity contribution in [1.82, 2.24) is 9.78 Å². The van der Waals surface area contributed by atoms with Crippen LogP contribution in [0.1, 0.15) is 37.7 Å². The van der Waals surface area contributed by atoms with E-state index in [4.69, 9.17) is 5.10 Å². The normalized spacial score (nSPS) is 11.6. The van der Waals surface area contributed by atoms with E-state index >= 15 is 0 Å². The third-order valence-electron chi connectivity index (χ3n) is 3.78. The van der Waals surface area contributed by atoms with Crippen molar-refractivity contribution in [2.24, 2.45) is 0 Å². The Kier molecular flexibility index (Phi) is 3.84. The molecule has 3 rings (SSSR count). The highest BCUT2D eigenvalue weighted by atomic mass is 15.3. The predicted molar refractivity (Wildman–Crippen MR) is 91.5 cm³/mol. The van der Waals surface area contributed by atoms with E-state index in [9.17, 15) is 0 Å². The summed E-state index contributed by atoms with van der Waals surface area (Å²) in [6.07, 6.45) is 0.888. The van der Waals surface area contributed by atoms with E-state index in [1.807, 2.05) is 6.07 Å². The highest BCUT2D eigenvalue weighted by molar-refractivity contribution is 5.36. The van der Waals surface area contributed by atoms with Gasteiger partial charge in [-0.1, -0.05) is 69.3 Å². The molecule has 0 N–H and O–H groups in total. The summed E-state index contributed by atoms with van der Waals surface area (Å²) in [6.45, 7) is 6.62. The van der Waals surface area contributed by atoms with Crippen LogP contribution in [0.3, 0.4) is 0 Å². The number of para-hydroxylation sites is 1. The number of benzene rings is 2. The molecular weight excluding hydrogens is 268 g/mol. The van der Waals surface area contributed by atoms with Gasteiger partial charge < -0.3 is 0 Å². The molecule has 3 aromatic rings. The minimum absolute atomic E-state index is 0.0471. The van der Waals surface area contributed by atoms with Gasteiger partial charge in [0.1, 0.15) is 0 Å². The van der Waals surface area contributed by atoms with Crippen molar-refractivity contribution in [2.75, 3.05) is 0 Å². The minimum Gasteiger partial charge on any atom is -0.237 e. The summed E-state index contributed by atoms with van der Waals surface area (Å²) >= 11 is 0. The molecule has 1 heterocycles. The van der Waals surface area contributed by atoms with E-state index in [0.29, 0.717) is 0 Å². The Labute approximate surface area is 132 Å². The standard InChI is InChI=1S/C20H22N2/c1-20(2,3)19-15-18(14-16-10-6-4-7-11-16)22(21-19)17-12-8-5-9-13-17/h4-13,15H,14H2,1-3H3. The van der Waals surface area contributed by atoms with Crippen LogP contribution in [0.5, 0.6) is 0 Å². The first kappa shape index (κ1) is 14.6. The predicted octanol–water partition coefficient (Wildman–Crippen LogP) is 4.76. The lowest BCUT2D eigenvalue weighted by Crippen LogP contribution is -2.12. The molecule has 22 heavy (non-hydrogen) atoms. The highest BCUT2D eigenvalue weighted by Crippen LogP contribution is 2.25. The van der Waals surface area contributed by atoms with Crippen LogP contribution in [-0.2, 0) is 11.8 Å². The van der Waals surface area contributed by atoms with E-state index in [-0.39, 0.29) is 5.41 Å². The lowest BCUT2D eigenvalue weighted by atomic mass is 9.92. The molecule has 0 bridgehead atoms. The summed E-state index contributed by atoms with van der Waals surface area (Å²) in [4.78, 5) is 0. The molecule has 0 radical (unpaired) electrons. The highest BCUT2D eigenvalue weighted by Gasteiger charge is 2.20. The van der Waals surface area contributed by atoms with E-state index in [2.05, 4.69) is 86.1 Å². The topological polar surface area (TPSA) is 17.8 Å². The summed E-state index contributed by atoms with van der Waals surface area (Å²) in [6, 6.07) is 23.2. The van der Waals surface area contributed by atoms with Gasteiger partial charge in [0.05, 0.1) is 11.4 Å². The van der Waals surface area contributed by atoms with Gasteiger partial charge >= 0.3 is 0 Å². The van der Waals surface area contributed by atoms with Gasteiger partial charge in [-0.15, -0.1) is 0 Å². The van der Waals surface area contributed by atoms with Crippen LogP contribution >= 0.6 is 0 Å². The zero-order valence-electron chi connectivity index (χ0n) is 13.5. The fourth-order valence-electron chi connectivity index (χ4n) is 2.51. The zero-order chi connectivity index (χ0) is 15.6. The van der Waals surface area contributed by atoms with Crippen LogP contribution in [0.2, 0.25) is 0 Å². The molecule has 0 saturated carbocycles. The number of rotatable bonds is 3. The van der Waals surface area contributed by atoms with Gasteiger partial charge in [0.25, 0.3) is 0 Å². The fourth-order valence-corrected chi connectivity index (χ4v) is 2.51. The molecule has 2 aromatic carbocycles. The summed E-state index contributed by atoms with van der Waals surface area (Å²) in [7, 11) is 0. The van der Waals surface area contributed by atoms with Crippen LogP contribution in [-0.4, -0.2) is 9.78 Å². The van der Waals surface area contributed by atoms with Crippen molar-refractivity contribution < 1.29 is 0 Å². The smallest absolute Gasteiger partial charge is 0.0685 e. The maximum atomic E-state index is 4.86. The first-order chi connectivity index (χ1) is 10.5. The molecule has 112 valence electrons. The molecule has 0 aliphatic carbocycles. The van der Waals surface area contributed by atoms with Crippen LogP contribution in [0.15, 0.2) is 66.7 Å². The molecule has 0 fully saturated rings. The maximum absolute atomic E-state index is 4.86. The van der Waals surface area contributed by atoms with Gasteiger partial charge in [0.2, 0.25) is 0 Å². The second-order valence-corrected chi connectivity index (χ2v) is 6.68. The molecule has 0 unspecified atom stereocenters. The minimum atomic E-state index is 0.0471. The Bertz CT molecular complexity index is 734. The van der Waals surface area contributed by atoms with Crippen molar-refractivity contribution in [3.05, 3.63) is 83.7 Å². The van der Waals surface area contributed by atoms with Gasteiger partial charge in [-0.2, -0.15) is 5.10 Å². The lowest BCUT2D eigenvalue weighted by Gasteiger charge is -2.14. The van der Waals surface area contributed by atoms with Gasteiger partial charge in [0.15, 0.2) is 0 Å². The molecule has 0 atom stereocenters. The first-order valence-electron chi connectivity index (χ1n) is 7.73. The third kappa shape index (κ3) is 3.11. The Balaban J connectivity index is 2.05. The number of hydrogen-bond donors (Lipinski definition) is 0. The van der Waals surface area contributed by atoms with E-state index in [0.717, 1.165) is 17.8 Å². The number of aromatic nitrogens is 2. The Morgan fingerprint density at radius 1 is 0.864 bits per heavy atom. The average molecular weight is 290 g/mol. The van der Waals surface area contributed by atoms with E-state index < -0.39 is 0 Å². The molecule has 0 aliphatic rings. The third-order valence-corrected chi connectivity index (χ3v) is 3.78. The SMILES string of the molecule is CC(C)(C)c1cc(Cc2ccccc2)n(-c2ccccc2)n1. The van der Waals surface area contributed by atoms with E-state index in [1.165, 1.54) is 11.3 Å². The summed E-state index contributed by atoms with van der Waals surface area (Å²) in [5.74, 6) is 0. The number of nitrogens with zero attached hydrogens (tertiary/aromatic N) is 2. The zero-order valence-corrected chi connectivity index (χ0v) is 13.5. The molecule has 1 aromatic heterocycles. The second-order valence-electron chi connectivity index (χ2n) is 6.68. The second kappa shape index (κ2) is 5.80. The number of hydrogen-bond acceptors (Lipinski definition) is 1. The van der Waals surface area contributed by atoms with Gasteiger partial charge in [-0.3, -0.25) is 0 Å². The van der Waals surface area contributed by atoms with Gasteiger partial charge in [-0.25, -0.2) is 4.68 Å². The Morgan fingerprint density at radius 3 is 2.05 bits per heavy atom. The fraction of sp³-hybridized carbons (Fsp3) is 0.250. The monoisotopic (exact) mass is 290 g/mol. The quantitative estimate of drug-likeness (QED) is 0.680. The first-order valence-corrected chi connectivity index (χ1v) is 7.73. The molecule has 0 amide bonds. The average Bonchev–Trinajstić information content (AvgIpc) is 2.93. The van der Waals surface area contributed by atoms with Crippen molar-refractivity contribution in [1.29, 1.82) is 0 Å². The summed E-state index contributed by atoms with van der Waals surface area (Å²) < 4.78 is 2.08. The van der Waals surface area contributed by atoms with Crippen LogP contribution in [0.25, 0.3) is 5.69 Å². The van der Waals surface area contributed by atoms with Crippen molar-refractivity contribution in [3.63, 3.8) is 0 Å². The Hall–Kier alpha value is -2.35. The van der Waals surface area contributed by atoms with Crippen molar-refractivity contribution >= 4 is 0 Å². The van der Waals surface area contributed by atoms with Gasteiger partial charge in [0, 0.05) is 17.5 Å². The van der Waals surface area contributed by atoms with E-state index in [1.54, 1.807) is 0 Å². The van der Waals surface area contributed by atoms with Crippen LogP contribution in [0.4, 0.5) is 0 Å². The summed E-state index contributed by atoms with van der Waals surface area (Å²) in [5, 5.41) is 4.86. The maximum Gasteiger partial charge on any atom is 0.0685 e. The van der Waals surface area contributed by atoms with Crippen LogP contribution in [0, 0.1) is 0 Å². The molecule has 0 saturated heterocycles. The summed E-state index contributed by atoms with van der Waals surface area (Å²) in [5.41, 5.74) is 4.82. The van der Waals surface area contributed by atoms with Gasteiger partial charge in [-0.05, 0) is 23.8 Å². The van der Waals surface area contributed by atoms with Crippen molar-refractivity contribution in [2.45, 2.75) is 32.6 Å². The largest absolute Gasteiger partial charge is 0.237 e. The molecule has 0 aliphatic heterocycles. The molecule has 2 nitrogen and oxygen atoms in total. The molecule has 2 heteroatoms.